The van der Waals surface area contributed by atoms with Crippen molar-refractivity contribution in [3.63, 3.8) is 0 Å². The van der Waals surface area contributed by atoms with Gasteiger partial charge in [-0.25, -0.2) is 4.79 Å². The van der Waals surface area contributed by atoms with Crippen LogP contribution in [-0.4, -0.2) is 91.0 Å². The van der Waals surface area contributed by atoms with Gasteiger partial charge in [0.2, 0.25) is 0 Å². The maximum absolute atomic E-state index is 11.7. The van der Waals surface area contributed by atoms with Crippen LogP contribution in [0.2, 0.25) is 0 Å². The van der Waals surface area contributed by atoms with Crippen LogP contribution in [0.1, 0.15) is 13.8 Å². The first-order chi connectivity index (χ1) is 10.5. The highest BCUT2D eigenvalue weighted by molar-refractivity contribution is 5.85. The molecule has 0 aromatic heterocycles. The molecule has 2 rings (SSSR count). The van der Waals surface area contributed by atoms with Crippen molar-refractivity contribution in [3.05, 3.63) is 0 Å². The minimum Gasteiger partial charge on any atom is -0.394 e. The van der Waals surface area contributed by atoms with Crippen molar-refractivity contribution in [2.75, 3.05) is 39.5 Å². The van der Waals surface area contributed by atoms with Gasteiger partial charge in [0.05, 0.1) is 32.0 Å². The van der Waals surface area contributed by atoms with E-state index >= 15 is 0 Å². The third-order valence-corrected chi connectivity index (χ3v) is 3.99. The molecular formula is C14H28ClN3O5. The Bertz CT molecular complexity index is 368. The second-order valence-electron chi connectivity index (χ2n) is 6.03. The first kappa shape index (κ1) is 20.4. The highest BCUT2D eigenvalue weighted by Crippen LogP contribution is 2.26. The Morgan fingerprint density at radius 1 is 1.30 bits per heavy atom. The number of carbonyl (C=O) groups excluding carboxylic acids is 1. The zero-order chi connectivity index (χ0) is 16.1. The zero-order valence-corrected chi connectivity index (χ0v) is 14.4. The van der Waals surface area contributed by atoms with Crippen LogP contribution in [0.4, 0.5) is 4.79 Å². The van der Waals surface area contributed by atoms with E-state index < -0.39 is 12.2 Å². The van der Waals surface area contributed by atoms with Gasteiger partial charge in [-0.3, -0.25) is 4.90 Å². The number of hydrogen-bond acceptors (Lipinski definition) is 6. The quantitative estimate of drug-likeness (QED) is 0.502. The Labute approximate surface area is 142 Å². The number of amides is 2. The molecule has 0 aliphatic carbocycles. The van der Waals surface area contributed by atoms with Gasteiger partial charge in [-0.2, -0.15) is 0 Å². The highest BCUT2D eigenvalue weighted by atomic mass is 35.5. The molecule has 9 heteroatoms. The van der Waals surface area contributed by atoms with E-state index in [4.69, 9.17) is 9.47 Å². The Kier molecular flexibility index (Phi) is 8.52. The summed E-state index contributed by atoms with van der Waals surface area (Å²) in [6.07, 6.45) is -1.75. The monoisotopic (exact) mass is 353 g/mol. The molecule has 4 atom stereocenters. The summed E-state index contributed by atoms with van der Waals surface area (Å²) >= 11 is 0. The van der Waals surface area contributed by atoms with Gasteiger partial charge in [0.1, 0.15) is 12.2 Å². The maximum Gasteiger partial charge on any atom is 0.315 e. The molecule has 0 aromatic carbocycles. The van der Waals surface area contributed by atoms with E-state index in [9.17, 15) is 15.0 Å². The molecule has 8 nitrogen and oxygen atoms in total. The van der Waals surface area contributed by atoms with Gasteiger partial charge in [-0.15, -0.1) is 12.4 Å². The molecule has 4 N–H and O–H groups in total. The molecule has 2 aliphatic rings. The lowest BCUT2D eigenvalue weighted by molar-refractivity contribution is -0.0215. The third kappa shape index (κ3) is 5.44. The Morgan fingerprint density at radius 2 is 1.96 bits per heavy atom. The minimum absolute atomic E-state index is 0. The summed E-state index contributed by atoms with van der Waals surface area (Å²) in [5.41, 5.74) is 0. The number of aliphatic hydroxyl groups excluding tert-OH is 2. The van der Waals surface area contributed by atoms with Gasteiger partial charge < -0.3 is 30.3 Å². The van der Waals surface area contributed by atoms with Crippen LogP contribution < -0.4 is 10.6 Å². The van der Waals surface area contributed by atoms with Gasteiger partial charge >= 0.3 is 6.03 Å². The molecule has 2 heterocycles. The summed E-state index contributed by atoms with van der Waals surface area (Å²) in [5, 5.41) is 25.2. The first-order valence-corrected chi connectivity index (χ1v) is 7.83. The number of nitrogens with one attached hydrogen (secondary N) is 2. The van der Waals surface area contributed by atoms with Gasteiger partial charge in [-0.1, -0.05) is 0 Å². The van der Waals surface area contributed by atoms with Crippen molar-refractivity contribution in [1.29, 1.82) is 0 Å². The molecule has 2 aliphatic heterocycles. The topological polar surface area (TPSA) is 103 Å². The molecule has 0 aromatic rings. The highest BCUT2D eigenvalue weighted by Gasteiger charge is 2.46. The van der Waals surface area contributed by atoms with Crippen LogP contribution in [0.5, 0.6) is 0 Å². The molecule has 0 radical (unpaired) electrons. The molecule has 0 unspecified atom stereocenters. The Balaban J connectivity index is 0.00000264. The van der Waals surface area contributed by atoms with Gasteiger partial charge in [0.15, 0.2) is 0 Å². The van der Waals surface area contributed by atoms with Gasteiger partial charge in [0, 0.05) is 25.7 Å². The van der Waals surface area contributed by atoms with Crippen molar-refractivity contribution in [1.82, 2.24) is 15.5 Å². The summed E-state index contributed by atoms with van der Waals surface area (Å²) in [4.78, 5) is 13.8. The summed E-state index contributed by atoms with van der Waals surface area (Å²) in [7, 11) is 0. The summed E-state index contributed by atoms with van der Waals surface area (Å²) < 4.78 is 11.1. The van der Waals surface area contributed by atoms with Crippen molar-refractivity contribution in [2.24, 2.45) is 0 Å². The predicted octanol–water partition coefficient (Wildman–Crippen LogP) is -1.06. The molecule has 0 saturated carbocycles. The maximum atomic E-state index is 11.7. The lowest BCUT2D eigenvalue weighted by Crippen LogP contribution is -2.55. The standard InChI is InChI=1S/C14H27N3O5.ClH/c1-9(2)16-14(20)15-7-10-12(13(19)11(8-18)22-10)17-3-5-21-6-4-17;/h9-13,18-19H,3-8H2,1-2H3,(H2,15,16,20);1H/t10-,11+,12+,13-;/m1./s1. The summed E-state index contributed by atoms with van der Waals surface area (Å²) in [6, 6.07) is -0.461. The normalized spacial score (nSPS) is 31.7. The number of hydrogen-bond donors (Lipinski definition) is 4. The fraction of sp³-hybridized carbons (Fsp3) is 0.929. The lowest BCUT2D eigenvalue weighted by atomic mass is 10.0. The fourth-order valence-electron chi connectivity index (χ4n) is 2.98. The first-order valence-electron chi connectivity index (χ1n) is 7.83. The van der Waals surface area contributed by atoms with Crippen LogP contribution in [0.15, 0.2) is 0 Å². The molecule has 2 amide bonds. The summed E-state index contributed by atoms with van der Waals surface area (Å²) in [5.74, 6) is 0. The van der Waals surface area contributed by atoms with E-state index in [1.165, 1.54) is 0 Å². The second kappa shape index (κ2) is 9.61. The van der Waals surface area contributed by atoms with Crippen molar-refractivity contribution in [3.8, 4) is 0 Å². The van der Waals surface area contributed by atoms with Crippen molar-refractivity contribution < 1.29 is 24.5 Å². The number of urea groups is 1. The summed E-state index contributed by atoms with van der Waals surface area (Å²) in [6.45, 7) is 6.45. The smallest absolute Gasteiger partial charge is 0.315 e. The van der Waals surface area contributed by atoms with Crippen LogP contribution in [0, 0.1) is 0 Å². The van der Waals surface area contributed by atoms with Crippen LogP contribution >= 0.6 is 12.4 Å². The van der Waals surface area contributed by atoms with Crippen molar-refractivity contribution in [2.45, 2.75) is 44.2 Å². The molecule has 2 saturated heterocycles. The van der Waals surface area contributed by atoms with Gasteiger partial charge in [-0.05, 0) is 13.8 Å². The number of morpholine rings is 1. The average Bonchev–Trinajstić information content (AvgIpc) is 2.81. The number of nitrogens with zero attached hydrogens (tertiary/aromatic N) is 1. The molecule has 23 heavy (non-hydrogen) atoms. The largest absolute Gasteiger partial charge is 0.394 e. The molecular weight excluding hydrogens is 326 g/mol. The molecule has 136 valence electrons. The zero-order valence-electron chi connectivity index (χ0n) is 13.6. The molecule has 0 bridgehead atoms. The number of carbonyl (C=O) groups is 1. The van der Waals surface area contributed by atoms with E-state index in [1.54, 1.807) is 0 Å². The lowest BCUT2D eigenvalue weighted by Gasteiger charge is -2.36. The van der Waals surface area contributed by atoms with E-state index in [0.29, 0.717) is 26.3 Å². The van der Waals surface area contributed by atoms with Crippen LogP contribution in [0.25, 0.3) is 0 Å². The predicted molar refractivity (Wildman–Crippen MR) is 86.9 cm³/mol. The van der Waals surface area contributed by atoms with E-state index in [2.05, 4.69) is 15.5 Å². The van der Waals surface area contributed by atoms with E-state index in [-0.39, 0.29) is 49.8 Å². The molecule has 0 spiro atoms. The average molecular weight is 354 g/mol. The Hall–Kier alpha value is -0.640. The van der Waals surface area contributed by atoms with Crippen LogP contribution in [-0.2, 0) is 9.47 Å². The SMILES string of the molecule is CC(C)NC(=O)NC[C@H]1O[C@@H](CO)[C@@H](O)[C@H]1N1CCOCC1.Cl. The fourth-order valence-corrected chi connectivity index (χ4v) is 2.98. The van der Waals surface area contributed by atoms with Crippen molar-refractivity contribution >= 4 is 18.4 Å². The number of rotatable bonds is 5. The van der Waals surface area contributed by atoms with E-state index in [1.807, 2.05) is 13.8 Å². The minimum atomic E-state index is -0.775. The van der Waals surface area contributed by atoms with Crippen LogP contribution in [0.3, 0.4) is 0 Å². The number of halogens is 1. The number of aliphatic hydroxyl groups is 2. The number of ether oxygens (including phenoxy) is 2. The third-order valence-electron chi connectivity index (χ3n) is 3.99. The van der Waals surface area contributed by atoms with E-state index in [0.717, 1.165) is 0 Å². The molecule has 2 fully saturated rings. The Morgan fingerprint density at radius 3 is 2.52 bits per heavy atom. The van der Waals surface area contributed by atoms with Gasteiger partial charge in [0.25, 0.3) is 0 Å². The second-order valence-corrected chi connectivity index (χ2v) is 6.03.